The quantitative estimate of drug-likeness (QED) is 0.706. The summed E-state index contributed by atoms with van der Waals surface area (Å²) in [4.78, 5) is 4.13. The Bertz CT molecular complexity index is 615. The summed E-state index contributed by atoms with van der Waals surface area (Å²) in [7, 11) is 0. The summed E-state index contributed by atoms with van der Waals surface area (Å²) >= 11 is 5.97. The van der Waals surface area contributed by atoms with Crippen molar-refractivity contribution in [3.8, 4) is 0 Å². The summed E-state index contributed by atoms with van der Waals surface area (Å²) in [5.41, 5.74) is 1.24. The molecule has 1 aliphatic rings. The zero-order valence-corrected chi connectivity index (χ0v) is 14.9. The molecular formula is C19H25ClN2O2. The molecule has 1 fully saturated rings. The van der Waals surface area contributed by atoms with Crippen molar-refractivity contribution < 1.29 is 9.47 Å². The number of aryl methyl sites for hydroxylation is 1. The number of benzene rings is 1. The van der Waals surface area contributed by atoms with Gasteiger partial charge in [-0.2, -0.15) is 0 Å². The highest BCUT2D eigenvalue weighted by Gasteiger charge is 2.41. The molecule has 0 saturated carbocycles. The van der Waals surface area contributed by atoms with Gasteiger partial charge in [-0.3, -0.25) is 0 Å². The summed E-state index contributed by atoms with van der Waals surface area (Å²) in [5, 5.41) is 0.764. The number of aromatic nitrogens is 2. The minimum Gasteiger partial charge on any atom is -0.345 e. The van der Waals surface area contributed by atoms with E-state index in [1.54, 1.807) is 6.20 Å². The van der Waals surface area contributed by atoms with Gasteiger partial charge in [0.2, 0.25) is 0 Å². The van der Waals surface area contributed by atoms with E-state index in [1.807, 2.05) is 29.2 Å². The molecule has 4 nitrogen and oxygen atoms in total. The van der Waals surface area contributed by atoms with E-state index in [1.165, 1.54) is 18.4 Å². The van der Waals surface area contributed by atoms with E-state index in [9.17, 15) is 0 Å². The molecule has 2 unspecified atom stereocenters. The number of rotatable bonds is 8. The van der Waals surface area contributed by atoms with Gasteiger partial charge in [0.15, 0.2) is 5.79 Å². The highest BCUT2D eigenvalue weighted by atomic mass is 35.5. The Morgan fingerprint density at radius 1 is 1.33 bits per heavy atom. The molecule has 24 heavy (non-hydrogen) atoms. The van der Waals surface area contributed by atoms with Gasteiger partial charge < -0.3 is 14.0 Å². The van der Waals surface area contributed by atoms with Crippen molar-refractivity contribution in [2.45, 2.75) is 57.5 Å². The van der Waals surface area contributed by atoms with E-state index in [-0.39, 0.29) is 6.10 Å². The molecule has 3 rings (SSSR count). The molecule has 0 N–H and O–H groups in total. The van der Waals surface area contributed by atoms with E-state index in [2.05, 4.69) is 24.0 Å². The second-order valence-electron chi connectivity index (χ2n) is 6.47. The average Bonchev–Trinajstić information content (AvgIpc) is 3.23. The Hall–Kier alpha value is -1.36. The van der Waals surface area contributed by atoms with Gasteiger partial charge in [0, 0.05) is 23.8 Å². The number of halogens is 1. The minimum absolute atomic E-state index is 0.193. The third-order valence-electron chi connectivity index (χ3n) is 4.48. The Morgan fingerprint density at radius 2 is 2.17 bits per heavy atom. The first-order valence-corrected chi connectivity index (χ1v) is 9.09. The van der Waals surface area contributed by atoms with Crippen molar-refractivity contribution in [3.63, 3.8) is 0 Å². The topological polar surface area (TPSA) is 36.3 Å². The van der Waals surface area contributed by atoms with Crippen molar-refractivity contribution in [2.75, 3.05) is 6.61 Å². The first-order chi connectivity index (χ1) is 11.7. The van der Waals surface area contributed by atoms with Gasteiger partial charge >= 0.3 is 0 Å². The molecule has 0 radical (unpaired) electrons. The van der Waals surface area contributed by atoms with E-state index in [0.717, 1.165) is 24.3 Å². The molecule has 5 heteroatoms. The van der Waals surface area contributed by atoms with Crippen molar-refractivity contribution in [2.24, 2.45) is 0 Å². The molecule has 2 atom stereocenters. The van der Waals surface area contributed by atoms with Crippen LogP contribution in [-0.4, -0.2) is 28.0 Å². The van der Waals surface area contributed by atoms with Gasteiger partial charge in [0.1, 0.15) is 0 Å². The zero-order chi connectivity index (χ0) is 16.8. The fourth-order valence-corrected chi connectivity index (χ4v) is 3.25. The Kier molecular flexibility index (Phi) is 5.93. The predicted octanol–water partition coefficient (Wildman–Crippen LogP) is 4.47. The van der Waals surface area contributed by atoms with Gasteiger partial charge in [-0.05, 0) is 30.5 Å². The van der Waals surface area contributed by atoms with Crippen LogP contribution in [0.25, 0.3) is 0 Å². The molecule has 2 heterocycles. The normalized spacial score (nSPS) is 23.7. The summed E-state index contributed by atoms with van der Waals surface area (Å²) in [6.45, 7) is 3.55. The van der Waals surface area contributed by atoms with Gasteiger partial charge in [0.05, 0.1) is 25.6 Å². The lowest BCUT2D eigenvalue weighted by Gasteiger charge is -2.28. The Balaban J connectivity index is 1.66. The van der Waals surface area contributed by atoms with E-state index >= 15 is 0 Å². The van der Waals surface area contributed by atoms with Crippen LogP contribution in [0.3, 0.4) is 0 Å². The number of nitrogens with zero attached hydrogens (tertiary/aromatic N) is 2. The standard InChI is InChI=1S/C19H25ClN2O2/c1-2-3-4-18-13-23-19(24-18,14-22-12-11-21-15-22)10-9-16-5-7-17(20)8-6-16/h5-8,11-12,15,18H,2-4,9-10,13-14H2,1H3. The smallest absolute Gasteiger partial charge is 0.187 e. The predicted molar refractivity (Wildman–Crippen MR) is 95.1 cm³/mol. The molecule has 1 saturated heterocycles. The van der Waals surface area contributed by atoms with Crippen LogP contribution in [0.1, 0.15) is 38.2 Å². The van der Waals surface area contributed by atoms with Crippen LogP contribution >= 0.6 is 11.6 Å². The molecule has 1 aromatic heterocycles. The van der Waals surface area contributed by atoms with Crippen LogP contribution in [-0.2, 0) is 22.4 Å². The number of imidazole rings is 1. The monoisotopic (exact) mass is 348 g/mol. The molecule has 0 spiro atoms. The third-order valence-corrected chi connectivity index (χ3v) is 4.74. The molecule has 0 bridgehead atoms. The number of hydrogen-bond acceptors (Lipinski definition) is 3. The van der Waals surface area contributed by atoms with Crippen molar-refractivity contribution in [3.05, 3.63) is 53.6 Å². The second kappa shape index (κ2) is 8.15. The minimum atomic E-state index is -0.571. The maximum absolute atomic E-state index is 6.37. The molecule has 1 aliphatic heterocycles. The lowest BCUT2D eigenvalue weighted by molar-refractivity contribution is -0.182. The summed E-state index contributed by atoms with van der Waals surface area (Å²) in [5.74, 6) is -0.571. The Labute approximate surface area is 148 Å². The molecule has 130 valence electrons. The number of unbranched alkanes of at least 4 members (excludes halogenated alkanes) is 1. The lowest BCUT2D eigenvalue weighted by atomic mass is 10.0. The van der Waals surface area contributed by atoms with Crippen LogP contribution in [0, 0.1) is 0 Å². The van der Waals surface area contributed by atoms with E-state index in [0.29, 0.717) is 13.2 Å². The fourth-order valence-electron chi connectivity index (χ4n) is 3.13. The maximum Gasteiger partial charge on any atom is 0.187 e. The van der Waals surface area contributed by atoms with E-state index in [4.69, 9.17) is 21.1 Å². The summed E-state index contributed by atoms with van der Waals surface area (Å²) in [6, 6.07) is 7.99. The summed E-state index contributed by atoms with van der Waals surface area (Å²) in [6.07, 6.45) is 10.9. The van der Waals surface area contributed by atoms with Crippen molar-refractivity contribution in [1.82, 2.24) is 9.55 Å². The maximum atomic E-state index is 6.37. The van der Waals surface area contributed by atoms with Crippen molar-refractivity contribution >= 4 is 11.6 Å². The first-order valence-electron chi connectivity index (χ1n) is 8.71. The molecular weight excluding hydrogens is 324 g/mol. The SMILES string of the molecule is CCCCC1COC(CCc2ccc(Cl)cc2)(Cn2ccnc2)O1. The van der Waals surface area contributed by atoms with Gasteiger partial charge in [0.25, 0.3) is 0 Å². The highest BCUT2D eigenvalue weighted by molar-refractivity contribution is 6.30. The molecule has 0 aliphatic carbocycles. The largest absolute Gasteiger partial charge is 0.345 e. The number of ether oxygens (including phenoxy) is 2. The zero-order valence-electron chi connectivity index (χ0n) is 14.2. The molecule has 1 aromatic carbocycles. The Morgan fingerprint density at radius 3 is 2.88 bits per heavy atom. The average molecular weight is 349 g/mol. The van der Waals surface area contributed by atoms with Crippen LogP contribution in [0.5, 0.6) is 0 Å². The van der Waals surface area contributed by atoms with Crippen LogP contribution in [0.2, 0.25) is 5.02 Å². The molecule has 0 amide bonds. The van der Waals surface area contributed by atoms with Crippen LogP contribution < -0.4 is 0 Å². The van der Waals surface area contributed by atoms with E-state index < -0.39 is 5.79 Å². The van der Waals surface area contributed by atoms with Gasteiger partial charge in [-0.1, -0.05) is 43.5 Å². The summed E-state index contributed by atoms with van der Waals surface area (Å²) < 4.78 is 14.6. The lowest BCUT2D eigenvalue weighted by Crippen LogP contribution is -2.36. The van der Waals surface area contributed by atoms with Crippen LogP contribution in [0.4, 0.5) is 0 Å². The molecule has 2 aromatic rings. The fraction of sp³-hybridized carbons (Fsp3) is 0.526. The van der Waals surface area contributed by atoms with Gasteiger partial charge in [-0.25, -0.2) is 4.98 Å². The highest BCUT2D eigenvalue weighted by Crippen LogP contribution is 2.32. The van der Waals surface area contributed by atoms with Crippen molar-refractivity contribution in [1.29, 1.82) is 0 Å². The third kappa shape index (κ3) is 4.59. The van der Waals surface area contributed by atoms with Crippen LogP contribution in [0.15, 0.2) is 43.0 Å². The number of hydrogen-bond donors (Lipinski definition) is 0. The first kappa shape index (κ1) is 17.5. The second-order valence-corrected chi connectivity index (χ2v) is 6.90. The van der Waals surface area contributed by atoms with Gasteiger partial charge in [-0.15, -0.1) is 0 Å².